The third-order valence-electron chi connectivity index (χ3n) is 2.39. The van der Waals surface area contributed by atoms with Crippen molar-refractivity contribution >= 4 is 11.8 Å². The van der Waals surface area contributed by atoms with Gasteiger partial charge >= 0.3 is 5.97 Å². The van der Waals surface area contributed by atoms with Gasteiger partial charge in [-0.25, -0.2) is 5.84 Å². The number of nitrogens with one attached hydrogen (secondary N) is 1. The molecule has 1 aromatic carbocycles. The summed E-state index contributed by atoms with van der Waals surface area (Å²) in [5.74, 6) is 4.98. The van der Waals surface area contributed by atoms with Crippen LogP contribution in [0.5, 0.6) is 0 Å². The molecule has 0 bridgehead atoms. The molecule has 6 nitrogen and oxygen atoms in total. The Morgan fingerprint density at radius 2 is 2.00 bits per heavy atom. The van der Waals surface area contributed by atoms with Crippen LogP contribution >= 0.6 is 0 Å². The number of benzene rings is 1. The molecule has 0 saturated heterocycles. The first-order valence-corrected chi connectivity index (χ1v) is 6.30. The van der Waals surface area contributed by atoms with E-state index >= 15 is 0 Å². The van der Waals surface area contributed by atoms with Crippen LogP contribution in [0.1, 0.15) is 18.4 Å². The number of aryl methyl sites for hydroxylation is 1. The fraction of sp³-hybridized carbons (Fsp3) is 0.429. The number of ether oxygens (including phenoxy) is 1. The number of amidine groups is 1. The Labute approximate surface area is 119 Å². The molecule has 0 aromatic heterocycles. The van der Waals surface area contributed by atoms with Gasteiger partial charge in [-0.15, -0.1) is 0 Å². The molecule has 0 unspecified atom stereocenters. The van der Waals surface area contributed by atoms with E-state index in [0.717, 1.165) is 5.01 Å². The fourth-order valence-electron chi connectivity index (χ4n) is 1.22. The first-order valence-electron chi connectivity index (χ1n) is 6.30. The van der Waals surface area contributed by atoms with E-state index in [1.807, 2.05) is 18.2 Å². The molecule has 0 aliphatic carbocycles. The van der Waals surface area contributed by atoms with Crippen molar-refractivity contribution in [1.29, 1.82) is 5.41 Å². The first-order chi connectivity index (χ1) is 9.51. The number of carbonyl (C=O) groups is 1. The fourth-order valence-corrected chi connectivity index (χ4v) is 1.22. The summed E-state index contributed by atoms with van der Waals surface area (Å²) in [6.07, 6.45) is 0.817. The normalized spacial score (nSPS) is 9.20. The lowest BCUT2D eigenvalue weighted by Gasteiger charge is -2.17. The predicted octanol–water partition coefficient (Wildman–Crippen LogP) is 1.08. The molecule has 6 heteroatoms. The van der Waals surface area contributed by atoms with Crippen molar-refractivity contribution in [2.24, 2.45) is 5.84 Å². The second kappa shape index (κ2) is 11.0. The van der Waals surface area contributed by atoms with Gasteiger partial charge in [-0.1, -0.05) is 35.9 Å². The predicted molar refractivity (Wildman–Crippen MR) is 78.1 cm³/mol. The molecular weight excluding hydrogens is 258 g/mol. The average molecular weight is 281 g/mol. The largest absolute Gasteiger partial charge is 0.468 e. The van der Waals surface area contributed by atoms with Gasteiger partial charge in [0.1, 0.15) is 12.4 Å². The van der Waals surface area contributed by atoms with Crippen molar-refractivity contribution in [3.8, 4) is 0 Å². The lowest BCUT2D eigenvalue weighted by Crippen LogP contribution is -2.41. The van der Waals surface area contributed by atoms with Gasteiger partial charge in [-0.3, -0.25) is 15.2 Å². The van der Waals surface area contributed by atoms with Gasteiger partial charge in [-0.2, -0.15) is 0 Å². The summed E-state index contributed by atoms with van der Waals surface area (Å²) < 4.78 is 4.37. The van der Waals surface area contributed by atoms with Crippen LogP contribution in [0, 0.1) is 12.3 Å². The van der Waals surface area contributed by atoms with E-state index in [9.17, 15) is 4.79 Å². The van der Waals surface area contributed by atoms with Gasteiger partial charge in [0.15, 0.2) is 0 Å². The van der Waals surface area contributed by atoms with Crippen LogP contribution < -0.4 is 5.84 Å². The molecule has 1 aromatic rings. The second-order valence-electron chi connectivity index (χ2n) is 4.13. The third-order valence-corrected chi connectivity index (χ3v) is 2.39. The van der Waals surface area contributed by atoms with Crippen molar-refractivity contribution in [1.82, 2.24) is 5.01 Å². The van der Waals surface area contributed by atoms with E-state index in [-0.39, 0.29) is 19.0 Å². The third kappa shape index (κ3) is 9.07. The van der Waals surface area contributed by atoms with E-state index < -0.39 is 5.97 Å². The van der Waals surface area contributed by atoms with Crippen LogP contribution in [-0.2, 0) is 9.53 Å². The second-order valence-corrected chi connectivity index (χ2v) is 4.13. The summed E-state index contributed by atoms with van der Waals surface area (Å²) in [5.41, 5.74) is 1.32. The molecule has 0 aliphatic rings. The average Bonchev–Trinajstić information content (AvgIpc) is 2.45. The van der Waals surface area contributed by atoms with E-state index in [1.54, 1.807) is 0 Å². The zero-order chi connectivity index (χ0) is 15.4. The molecule has 0 atom stereocenters. The molecule has 0 fully saturated rings. The number of rotatable bonds is 5. The zero-order valence-corrected chi connectivity index (χ0v) is 12.0. The monoisotopic (exact) mass is 281 g/mol. The summed E-state index contributed by atoms with van der Waals surface area (Å²) >= 11 is 0. The highest BCUT2D eigenvalue weighted by molar-refractivity contribution is 5.83. The number of nitrogens with zero attached hydrogens (tertiary/aromatic N) is 1. The van der Waals surface area contributed by atoms with Gasteiger partial charge in [0.2, 0.25) is 0 Å². The maximum absolute atomic E-state index is 10.7. The molecule has 0 saturated carbocycles. The molecule has 0 aliphatic heterocycles. The van der Waals surface area contributed by atoms with Crippen LogP contribution in [0.4, 0.5) is 0 Å². The maximum atomic E-state index is 10.7. The molecule has 20 heavy (non-hydrogen) atoms. The number of hydrogen-bond donors (Lipinski definition) is 3. The number of nitrogens with two attached hydrogens (primary N) is 1. The standard InChI is InChI=1S/C7H15N3O3.C7H8/c1-13-7(12)5-10(9)6(8)3-2-4-11;1-7-5-3-2-4-6-7/h8,11H,2-5,9H2,1H3;2-6H,1H3. The molecule has 0 spiro atoms. The molecule has 0 heterocycles. The van der Waals surface area contributed by atoms with Crippen LogP contribution in [0.25, 0.3) is 0 Å². The van der Waals surface area contributed by atoms with Gasteiger partial charge in [-0.05, 0) is 13.3 Å². The number of methoxy groups -OCH3 is 1. The first kappa shape index (κ1) is 18.1. The van der Waals surface area contributed by atoms with E-state index in [4.69, 9.17) is 16.4 Å². The summed E-state index contributed by atoms with van der Waals surface area (Å²) in [7, 11) is 1.26. The summed E-state index contributed by atoms with van der Waals surface area (Å²) in [6.45, 7) is 1.95. The number of hydrogen-bond acceptors (Lipinski definition) is 5. The van der Waals surface area contributed by atoms with Gasteiger partial charge in [0.25, 0.3) is 0 Å². The van der Waals surface area contributed by atoms with Crippen molar-refractivity contribution in [2.75, 3.05) is 20.3 Å². The highest BCUT2D eigenvalue weighted by Crippen LogP contribution is 1.93. The Morgan fingerprint density at radius 1 is 1.40 bits per heavy atom. The minimum absolute atomic E-state index is 0.00838. The summed E-state index contributed by atoms with van der Waals surface area (Å²) in [4.78, 5) is 10.7. The smallest absolute Gasteiger partial charge is 0.326 e. The number of esters is 1. The van der Waals surface area contributed by atoms with E-state index in [1.165, 1.54) is 12.7 Å². The molecule has 0 amide bonds. The molecule has 1 rings (SSSR count). The minimum atomic E-state index is -0.490. The molecule has 0 radical (unpaired) electrons. The van der Waals surface area contributed by atoms with E-state index in [2.05, 4.69) is 23.8 Å². The van der Waals surface area contributed by atoms with Gasteiger partial charge in [0.05, 0.1) is 7.11 Å². The minimum Gasteiger partial charge on any atom is -0.468 e. The summed E-state index contributed by atoms with van der Waals surface area (Å²) in [5, 5.41) is 16.8. The van der Waals surface area contributed by atoms with Crippen molar-refractivity contribution in [3.05, 3.63) is 35.9 Å². The Morgan fingerprint density at radius 3 is 2.40 bits per heavy atom. The number of aliphatic hydroxyl groups excluding tert-OH is 1. The highest BCUT2D eigenvalue weighted by Gasteiger charge is 2.09. The Hall–Kier alpha value is -1.92. The molecule has 112 valence electrons. The molecular formula is C14H23N3O3. The number of aliphatic hydroxyl groups is 1. The quantitative estimate of drug-likeness (QED) is 0.246. The van der Waals surface area contributed by atoms with Gasteiger partial charge < -0.3 is 9.84 Å². The van der Waals surface area contributed by atoms with Crippen molar-refractivity contribution in [3.63, 3.8) is 0 Å². The SMILES string of the molecule is COC(=O)CN(N)C(=N)CCCO.Cc1ccccc1. The van der Waals surface area contributed by atoms with Gasteiger partial charge in [0, 0.05) is 13.0 Å². The zero-order valence-electron chi connectivity index (χ0n) is 12.0. The van der Waals surface area contributed by atoms with Crippen molar-refractivity contribution < 1.29 is 14.6 Å². The van der Waals surface area contributed by atoms with E-state index in [0.29, 0.717) is 12.8 Å². The Bertz CT molecular complexity index is 396. The lowest BCUT2D eigenvalue weighted by molar-refractivity contribution is -0.141. The maximum Gasteiger partial charge on any atom is 0.326 e. The van der Waals surface area contributed by atoms with Crippen LogP contribution in [-0.4, -0.2) is 42.2 Å². The summed E-state index contributed by atoms with van der Waals surface area (Å²) in [6, 6.07) is 10.3. The Balaban J connectivity index is 0.000000428. The molecule has 4 N–H and O–H groups in total. The Kier molecular flexibility index (Phi) is 9.90. The highest BCUT2D eigenvalue weighted by atomic mass is 16.5. The topological polar surface area (TPSA) is 99.6 Å². The van der Waals surface area contributed by atoms with Crippen molar-refractivity contribution in [2.45, 2.75) is 19.8 Å². The lowest BCUT2D eigenvalue weighted by atomic mass is 10.2. The van der Waals surface area contributed by atoms with Crippen LogP contribution in [0.2, 0.25) is 0 Å². The van der Waals surface area contributed by atoms with Crippen LogP contribution in [0.15, 0.2) is 30.3 Å². The number of carbonyl (C=O) groups excluding carboxylic acids is 1. The van der Waals surface area contributed by atoms with Crippen LogP contribution in [0.3, 0.4) is 0 Å². The number of hydrazine groups is 1.